The Balaban J connectivity index is 2.50. The van der Waals surface area contributed by atoms with Gasteiger partial charge in [-0.2, -0.15) is 0 Å². The number of hydrogen-bond acceptors (Lipinski definition) is 4. The molecule has 0 bridgehead atoms. The number of thiazole rings is 1. The first kappa shape index (κ1) is 10.6. The Morgan fingerprint density at radius 3 is 2.75 bits per heavy atom. The summed E-state index contributed by atoms with van der Waals surface area (Å²) in [4.78, 5) is 28.7. The van der Waals surface area contributed by atoms with Gasteiger partial charge in [0.25, 0.3) is 5.56 Å². The standard InChI is InChI=1S/C10H8N2O3S/c1-5-11-8(4-16-5)7-3-2-6(10(14)15)9(13)12-7/h2-4H,1H3,(H,12,13)(H,14,15). The highest BCUT2D eigenvalue weighted by atomic mass is 32.1. The molecule has 2 N–H and O–H groups in total. The summed E-state index contributed by atoms with van der Waals surface area (Å²) in [5, 5.41) is 11.4. The smallest absolute Gasteiger partial charge is 0.341 e. The average molecular weight is 236 g/mol. The molecule has 2 heterocycles. The number of carboxylic acids is 1. The minimum Gasteiger partial charge on any atom is -0.477 e. The van der Waals surface area contributed by atoms with E-state index in [-0.39, 0.29) is 5.56 Å². The lowest BCUT2D eigenvalue weighted by atomic mass is 10.2. The minimum atomic E-state index is -1.23. The van der Waals surface area contributed by atoms with E-state index in [1.54, 1.807) is 11.4 Å². The summed E-state index contributed by atoms with van der Waals surface area (Å²) in [6, 6.07) is 2.82. The largest absolute Gasteiger partial charge is 0.477 e. The minimum absolute atomic E-state index is 0.268. The summed E-state index contributed by atoms with van der Waals surface area (Å²) in [5.74, 6) is -1.23. The van der Waals surface area contributed by atoms with E-state index < -0.39 is 11.5 Å². The SMILES string of the molecule is Cc1nc(-c2ccc(C(=O)O)c(=O)[nH]2)cs1. The van der Waals surface area contributed by atoms with Gasteiger partial charge in [-0.25, -0.2) is 9.78 Å². The van der Waals surface area contributed by atoms with Crippen molar-refractivity contribution < 1.29 is 9.90 Å². The lowest BCUT2D eigenvalue weighted by Crippen LogP contribution is -2.17. The van der Waals surface area contributed by atoms with Gasteiger partial charge in [0.05, 0.1) is 16.4 Å². The molecule has 0 fully saturated rings. The zero-order valence-electron chi connectivity index (χ0n) is 8.35. The van der Waals surface area contributed by atoms with E-state index in [0.717, 1.165) is 5.01 Å². The summed E-state index contributed by atoms with van der Waals surface area (Å²) in [7, 11) is 0. The van der Waals surface area contributed by atoms with Gasteiger partial charge in [0.2, 0.25) is 0 Å². The molecule has 82 valence electrons. The van der Waals surface area contributed by atoms with E-state index in [9.17, 15) is 9.59 Å². The van der Waals surface area contributed by atoms with Crippen LogP contribution < -0.4 is 5.56 Å². The average Bonchev–Trinajstić information content (AvgIpc) is 2.64. The molecule has 0 aliphatic heterocycles. The Morgan fingerprint density at radius 1 is 1.50 bits per heavy atom. The number of carboxylic acid groups (broad SMARTS) is 1. The van der Waals surface area contributed by atoms with Gasteiger partial charge in [-0.15, -0.1) is 11.3 Å². The van der Waals surface area contributed by atoms with Crippen molar-refractivity contribution >= 4 is 17.3 Å². The van der Waals surface area contributed by atoms with Crippen LogP contribution in [0.1, 0.15) is 15.4 Å². The highest BCUT2D eigenvalue weighted by molar-refractivity contribution is 7.09. The number of aromatic nitrogens is 2. The lowest BCUT2D eigenvalue weighted by molar-refractivity contribution is 0.0695. The molecule has 5 nitrogen and oxygen atoms in total. The first-order valence-electron chi connectivity index (χ1n) is 4.47. The molecule has 2 rings (SSSR count). The molecule has 2 aromatic rings. The van der Waals surface area contributed by atoms with Gasteiger partial charge in [0.15, 0.2) is 0 Å². The van der Waals surface area contributed by atoms with Crippen LogP contribution in [0.3, 0.4) is 0 Å². The predicted octanol–water partition coefficient (Wildman–Crippen LogP) is 1.51. The van der Waals surface area contributed by atoms with Crippen LogP contribution in [0.15, 0.2) is 22.3 Å². The van der Waals surface area contributed by atoms with E-state index in [1.807, 2.05) is 6.92 Å². The maximum absolute atomic E-state index is 11.4. The van der Waals surface area contributed by atoms with Crippen LogP contribution in [0.5, 0.6) is 0 Å². The number of hydrogen-bond donors (Lipinski definition) is 2. The number of aromatic carboxylic acids is 1. The Hall–Kier alpha value is -1.95. The molecule has 0 saturated heterocycles. The molecular formula is C10H8N2O3S. The number of rotatable bonds is 2. The highest BCUT2D eigenvalue weighted by Gasteiger charge is 2.10. The first-order valence-corrected chi connectivity index (χ1v) is 5.35. The molecular weight excluding hydrogens is 228 g/mol. The van der Waals surface area contributed by atoms with Gasteiger partial charge < -0.3 is 10.1 Å². The van der Waals surface area contributed by atoms with Crippen molar-refractivity contribution in [3.05, 3.63) is 38.4 Å². The van der Waals surface area contributed by atoms with Gasteiger partial charge in [-0.1, -0.05) is 0 Å². The maximum atomic E-state index is 11.4. The lowest BCUT2D eigenvalue weighted by Gasteiger charge is -1.97. The van der Waals surface area contributed by atoms with Crippen LogP contribution in [0.25, 0.3) is 11.4 Å². The van der Waals surface area contributed by atoms with Crippen molar-refractivity contribution in [2.45, 2.75) is 6.92 Å². The number of aromatic amines is 1. The Labute approximate surface area is 94.4 Å². The molecule has 0 atom stereocenters. The molecule has 0 radical (unpaired) electrons. The van der Waals surface area contributed by atoms with Crippen LogP contribution in [-0.2, 0) is 0 Å². The van der Waals surface area contributed by atoms with Crippen LogP contribution in [0.2, 0.25) is 0 Å². The van der Waals surface area contributed by atoms with Crippen molar-refractivity contribution in [3.63, 3.8) is 0 Å². The zero-order valence-corrected chi connectivity index (χ0v) is 9.17. The van der Waals surface area contributed by atoms with Crippen LogP contribution in [-0.4, -0.2) is 21.0 Å². The molecule has 0 aromatic carbocycles. The molecule has 6 heteroatoms. The zero-order chi connectivity index (χ0) is 11.7. The third-order valence-electron chi connectivity index (χ3n) is 2.03. The molecule has 0 spiro atoms. The third kappa shape index (κ3) is 1.87. The number of carbonyl (C=O) groups is 1. The number of pyridine rings is 1. The third-order valence-corrected chi connectivity index (χ3v) is 2.81. The van der Waals surface area contributed by atoms with E-state index in [4.69, 9.17) is 5.11 Å². The van der Waals surface area contributed by atoms with E-state index in [1.165, 1.54) is 17.4 Å². The van der Waals surface area contributed by atoms with Crippen molar-refractivity contribution in [2.75, 3.05) is 0 Å². The fraction of sp³-hybridized carbons (Fsp3) is 0.100. The Bertz CT molecular complexity index is 600. The molecule has 0 unspecified atom stereocenters. The van der Waals surface area contributed by atoms with E-state index in [2.05, 4.69) is 9.97 Å². The number of aryl methyl sites for hydroxylation is 1. The van der Waals surface area contributed by atoms with E-state index in [0.29, 0.717) is 11.4 Å². The Kier molecular flexibility index (Phi) is 2.57. The second kappa shape index (κ2) is 3.90. The van der Waals surface area contributed by atoms with Gasteiger partial charge in [0.1, 0.15) is 5.56 Å². The molecule has 0 aliphatic carbocycles. The molecule has 0 saturated carbocycles. The monoisotopic (exact) mass is 236 g/mol. The number of nitrogens with zero attached hydrogens (tertiary/aromatic N) is 1. The van der Waals surface area contributed by atoms with Crippen LogP contribution in [0, 0.1) is 6.92 Å². The molecule has 0 amide bonds. The van der Waals surface area contributed by atoms with Crippen LogP contribution in [0.4, 0.5) is 0 Å². The fourth-order valence-corrected chi connectivity index (χ4v) is 1.89. The number of H-pyrrole nitrogens is 1. The van der Waals surface area contributed by atoms with E-state index >= 15 is 0 Å². The maximum Gasteiger partial charge on any atom is 0.341 e. The summed E-state index contributed by atoms with van der Waals surface area (Å²) in [5.41, 5.74) is 0.294. The van der Waals surface area contributed by atoms with Crippen LogP contribution >= 0.6 is 11.3 Å². The van der Waals surface area contributed by atoms with Crippen molar-refractivity contribution in [2.24, 2.45) is 0 Å². The highest BCUT2D eigenvalue weighted by Crippen LogP contribution is 2.18. The summed E-state index contributed by atoms with van der Waals surface area (Å²) < 4.78 is 0. The predicted molar refractivity (Wildman–Crippen MR) is 59.9 cm³/mol. The van der Waals surface area contributed by atoms with Crippen molar-refractivity contribution in [1.29, 1.82) is 0 Å². The topological polar surface area (TPSA) is 83.0 Å². The normalized spacial score (nSPS) is 10.3. The Morgan fingerprint density at radius 2 is 2.25 bits per heavy atom. The second-order valence-corrected chi connectivity index (χ2v) is 4.23. The fourth-order valence-electron chi connectivity index (χ4n) is 1.28. The van der Waals surface area contributed by atoms with Gasteiger partial charge in [0, 0.05) is 5.38 Å². The van der Waals surface area contributed by atoms with Crippen molar-refractivity contribution in [1.82, 2.24) is 9.97 Å². The van der Waals surface area contributed by atoms with Crippen molar-refractivity contribution in [3.8, 4) is 11.4 Å². The van der Waals surface area contributed by atoms with Gasteiger partial charge in [-0.05, 0) is 19.1 Å². The first-order chi connectivity index (χ1) is 7.58. The molecule has 2 aromatic heterocycles. The van der Waals surface area contributed by atoms with Gasteiger partial charge >= 0.3 is 5.97 Å². The summed E-state index contributed by atoms with van der Waals surface area (Å²) in [6.07, 6.45) is 0. The molecule has 16 heavy (non-hydrogen) atoms. The summed E-state index contributed by atoms with van der Waals surface area (Å²) in [6.45, 7) is 1.86. The number of nitrogens with one attached hydrogen (secondary N) is 1. The van der Waals surface area contributed by atoms with Gasteiger partial charge in [-0.3, -0.25) is 4.79 Å². The quantitative estimate of drug-likeness (QED) is 0.827. The summed E-state index contributed by atoms with van der Waals surface area (Å²) >= 11 is 1.47. The second-order valence-electron chi connectivity index (χ2n) is 3.17. The molecule has 0 aliphatic rings.